The molecule has 3 atom stereocenters. The summed E-state index contributed by atoms with van der Waals surface area (Å²) in [6.07, 6.45) is 2.54. The molecule has 0 aliphatic carbocycles. The van der Waals surface area contributed by atoms with Crippen molar-refractivity contribution < 1.29 is 19.1 Å². The number of anilines is 1. The number of nitrogens with one attached hydrogen (secondary N) is 1. The smallest absolute Gasteiger partial charge is 0.326 e. The molecule has 3 unspecified atom stereocenters. The minimum absolute atomic E-state index is 0.0236. The third-order valence-corrected chi connectivity index (χ3v) is 7.61. The van der Waals surface area contributed by atoms with Gasteiger partial charge in [-0.25, -0.2) is 0 Å². The van der Waals surface area contributed by atoms with Crippen LogP contribution in [0.3, 0.4) is 0 Å². The maximum atomic E-state index is 14.2. The fraction of sp³-hybridized carbons (Fsp3) is 0.414. The molecule has 2 aliphatic rings. The largest absolute Gasteiger partial charge is 0.459 e. The molecule has 4 rings (SSSR count). The van der Waals surface area contributed by atoms with Crippen molar-refractivity contribution in [2.75, 3.05) is 11.9 Å². The van der Waals surface area contributed by atoms with Gasteiger partial charge in [0.2, 0.25) is 11.8 Å². The number of likely N-dealkylation sites (tertiary alicyclic amines) is 1. The Morgan fingerprint density at radius 2 is 1.86 bits per heavy atom. The molecule has 1 fully saturated rings. The van der Waals surface area contributed by atoms with Gasteiger partial charge < -0.3 is 15.0 Å². The van der Waals surface area contributed by atoms with E-state index < -0.39 is 28.9 Å². The zero-order valence-electron chi connectivity index (χ0n) is 21.7. The topological polar surface area (TPSA) is 75.7 Å². The fourth-order valence-electron chi connectivity index (χ4n) is 5.82. The van der Waals surface area contributed by atoms with Crippen molar-refractivity contribution >= 4 is 46.7 Å². The molecule has 2 aromatic rings. The number of halogens is 2. The SMILES string of the molecule is CC=C(CC)C1N(CC(=O)OC(C)(C)C)C(=O)CC(c2cccc(Cl)c2)C12C(=O)Nc1cc(Cl)ccc12. The third kappa shape index (κ3) is 4.89. The Bertz CT molecular complexity index is 1280. The van der Waals surface area contributed by atoms with Crippen LogP contribution in [0.2, 0.25) is 10.0 Å². The predicted octanol–water partition coefficient (Wildman–Crippen LogP) is 6.27. The van der Waals surface area contributed by atoms with E-state index in [1.54, 1.807) is 39.0 Å². The molecule has 0 radical (unpaired) electrons. The van der Waals surface area contributed by atoms with Gasteiger partial charge >= 0.3 is 5.97 Å². The monoisotopic (exact) mass is 542 g/mol. The number of allylic oxidation sites excluding steroid dienone is 1. The van der Waals surface area contributed by atoms with Gasteiger partial charge in [-0.15, -0.1) is 0 Å². The number of hydrogen-bond acceptors (Lipinski definition) is 4. The van der Waals surface area contributed by atoms with E-state index in [1.165, 1.54) is 4.90 Å². The lowest BCUT2D eigenvalue weighted by Gasteiger charge is -2.52. The number of esters is 1. The Morgan fingerprint density at radius 3 is 2.49 bits per heavy atom. The Balaban J connectivity index is 1.99. The van der Waals surface area contributed by atoms with Crippen molar-refractivity contribution in [2.45, 2.75) is 70.4 Å². The summed E-state index contributed by atoms with van der Waals surface area (Å²) in [7, 11) is 0. The van der Waals surface area contributed by atoms with Crippen molar-refractivity contribution in [3.63, 3.8) is 0 Å². The summed E-state index contributed by atoms with van der Waals surface area (Å²) in [5.74, 6) is -1.52. The van der Waals surface area contributed by atoms with Crippen LogP contribution in [0.5, 0.6) is 0 Å². The van der Waals surface area contributed by atoms with Crippen LogP contribution in [0.4, 0.5) is 5.69 Å². The van der Waals surface area contributed by atoms with Crippen LogP contribution in [-0.2, 0) is 24.5 Å². The Morgan fingerprint density at radius 1 is 1.16 bits per heavy atom. The second kappa shape index (κ2) is 10.1. The normalized spacial score (nSPS) is 23.8. The van der Waals surface area contributed by atoms with Gasteiger partial charge in [0.1, 0.15) is 17.6 Å². The number of carbonyl (C=O) groups is 3. The lowest BCUT2D eigenvalue weighted by atomic mass is 9.58. The van der Waals surface area contributed by atoms with Crippen molar-refractivity contribution in [2.24, 2.45) is 0 Å². The van der Waals surface area contributed by atoms with Crippen LogP contribution < -0.4 is 5.32 Å². The summed E-state index contributed by atoms with van der Waals surface area (Å²) in [5.41, 5.74) is 1.08. The highest BCUT2D eigenvalue weighted by molar-refractivity contribution is 6.31. The van der Waals surface area contributed by atoms with Gasteiger partial charge in [0.25, 0.3) is 0 Å². The minimum Gasteiger partial charge on any atom is -0.459 e. The first-order valence-corrected chi connectivity index (χ1v) is 13.2. The van der Waals surface area contributed by atoms with E-state index in [-0.39, 0.29) is 24.8 Å². The first kappa shape index (κ1) is 27.2. The van der Waals surface area contributed by atoms with Crippen LogP contribution in [-0.4, -0.2) is 40.9 Å². The number of rotatable bonds is 5. The molecule has 0 bridgehead atoms. The Labute approximate surface area is 228 Å². The van der Waals surface area contributed by atoms with Crippen LogP contribution in [0, 0.1) is 0 Å². The molecule has 1 saturated heterocycles. The summed E-state index contributed by atoms with van der Waals surface area (Å²) in [4.78, 5) is 42.6. The van der Waals surface area contributed by atoms with Gasteiger partial charge in [0.05, 0.1) is 6.04 Å². The van der Waals surface area contributed by atoms with Gasteiger partial charge in [-0.2, -0.15) is 0 Å². The quantitative estimate of drug-likeness (QED) is 0.357. The van der Waals surface area contributed by atoms with Crippen LogP contribution in [0.25, 0.3) is 0 Å². The molecule has 2 aromatic carbocycles. The van der Waals surface area contributed by atoms with Crippen LogP contribution >= 0.6 is 23.2 Å². The first-order valence-electron chi connectivity index (χ1n) is 12.5. The molecule has 2 aliphatic heterocycles. The third-order valence-electron chi connectivity index (χ3n) is 7.14. The van der Waals surface area contributed by atoms with E-state index in [0.717, 1.165) is 16.7 Å². The summed E-state index contributed by atoms with van der Waals surface area (Å²) in [5, 5.41) is 4.05. The average molecular weight is 543 g/mol. The first-order chi connectivity index (χ1) is 17.4. The summed E-state index contributed by atoms with van der Waals surface area (Å²) >= 11 is 12.7. The molecule has 8 heteroatoms. The number of carbonyl (C=O) groups excluding carboxylic acids is 3. The van der Waals surface area contributed by atoms with E-state index in [1.807, 2.05) is 44.2 Å². The molecule has 2 heterocycles. The number of nitrogens with zero attached hydrogens (tertiary/aromatic N) is 1. The second-order valence-electron chi connectivity index (χ2n) is 10.6. The lowest BCUT2D eigenvalue weighted by molar-refractivity contribution is -0.163. The highest BCUT2D eigenvalue weighted by atomic mass is 35.5. The van der Waals surface area contributed by atoms with Crippen molar-refractivity contribution in [3.8, 4) is 0 Å². The maximum Gasteiger partial charge on any atom is 0.326 e. The number of piperidine rings is 1. The summed E-state index contributed by atoms with van der Waals surface area (Å²) < 4.78 is 5.59. The molecule has 196 valence electrons. The fourth-order valence-corrected chi connectivity index (χ4v) is 6.19. The molecule has 0 saturated carbocycles. The van der Waals surface area contributed by atoms with Gasteiger partial charge in [-0.1, -0.05) is 60.0 Å². The number of ether oxygens (including phenoxy) is 1. The molecule has 1 spiro atoms. The van der Waals surface area contributed by atoms with Crippen molar-refractivity contribution in [1.29, 1.82) is 0 Å². The van der Waals surface area contributed by atoms with E-state index in [0.29, 0.717) is 22.2 Å². The van der Waals surface area contributed by atoms with Gasteiger partial charge in [0.15, 0.2) is 0 Å². The molecule has 2 amide bonds. The Kier molecular flexibility index (Phi) is 7.46. The van der Waals surface area contributed by atoms with Gasteiger partial charge in [-0.3, -0.25) is 14.4 Å². The highest BCUT2D eigenvalue weighted by Crippen LogP contribution is 2.57. The van der Waals surface area contributed by atoms with Crippen LogP contribution in [0.1, 0.15) is 64.5 Å². The average Bonchev–Trinajstić information content (AvgIpc) is 3.08. The predicted molar refractivity (Wildman–Crippen MR) is 146 cm³/mol. The van der Waals surface area contributed by atoms with Crippen molar-refractivity contribution in [1.82, 2.24) is 4.90 Å². The van der Waals surface area contributed by atoms with Gasteiger partial charge in [-0.05, 0) is 69.5 Å². The van der Waals surface area contributed by atoms with E-state index in [4.69, 9.17) is 27.9 Å². The minimum atomic E-state index is -1.21. The van der Waals surface area contributed by atoms with Gasteiger partial charge in [0, 0.05) is 28.1 Å². The highest BCUT2D eigenvalue weighted by Gasteiger charge is 2.63. The summed E-state index contributed by atoms with van der Waals surface area (Å²) in [6, 6.07) is 11.9. The molecule has 37 heavy (non-hydrogen) atoms. The summed E-state index contributed by atoms with van der Waals surface area (Å²) in [6.45, 7) is 8.96. The van der Waals surface area contributed by atoms with Crippen molar-refractivity contribution in [3.05, 3.63) is 75.3 Å². The number of benzene rings is 2. The molecule has 1 N–H and O–H groups in total. The Hall–Kier alpha value is -2.83. The number of hydrogen-bond donors (Lipinski definition) is 1. The maximum absolute atomic E-state index is 14.2. The molecule has 0 aromatic heterocycles. The van der Waals surface area contributed by atoms with Crippen LogP contribution in [0.15, 0.2) is 54.1 Å². The molecular weight excluding hydrogens is 511 g/mol. The zero-order chi connectivity index (χ0) is 27.1. The standard InChI is InChI=1S/C29H32Cl2N2O4/c1-6-17(7-2)26-29(21-12-11-20(31)14-23(21)32-27(29)36)22(18-9-8-10-19(30)13-18)15-24(34)33(26)16-25(35)37-28(3,4)5/h6,8-14,22,26H,7,15-16H2,1-5H3,(H,32,36). The number of amides is 2. The van der Waals surface area contributed by atoms with E-state index >= 15 is 0 Å². The van der Waals surface area contributed by atoms with E-state index in [9.17, 15) is 14.4 Å². The lowest BCUT2D eigenvalue weighted by Crippen LogP contribution is -2.64. The second-order valence-corrected chi connectivity index (χ2v) is 11.4. The number of fused-ring (bicyclic) bond motifs is 2. The van der Waals surface area contributed by atoms with E-state index in [2.05, 4.69) is 5.32 Å². The molecule has 6 nitrogen and oxygen atoms in total. The zero-order valence-corrected chi connectivity index (χ0v) is 23.2. The molecular formula is C29H32Cl2N2O4.